The lowest BCUT2D eigenvalue weighted by molar-refractivity contribution is 0.594. The van der Waals surface area contributed by atoms with Gasteiger partial charge in [-0.25, -0.2) is 18.1 Å². The lowest BCUT2D eigenvalue weighted by Crippen LogP contribution is -2.30. The summed E-state index contributed by atoms with van der Waals surface area (Å²) in [7, 11) is -2.15. The summed E-state index contributed by atoms with van der Waals surface area (Å²) in [5.74, 6) is 0.538. The molecule has 7 nitrogen and oxygen atoms in total. The maximum Gasteiger partial charge on any atom is 0.264 e. The fraction of sp³-hybridized carbons (Fsp3) is 0.0345. The average Bonchev–Trinajstić information content (AvgIpc) is 3.55. The SMILES string of the molecule is CN1c2c(nn(-c3ccc(-c4nc5ccccc5o4)cc3)c2-c2ccccc2)-c2ccccc2S1(=O)=O. The molecule has 0 radical (unpaired) electrons. The number of benzene rings is 4. The van der Waals surface area contributed by atoms with Crippen molar-refractivity contribution < 1.29 is 12.8 Å². The van der Waals surface area contributed by atoms with Crippen molar-refractivity contribution in [1.82, 2.24) is 14.8 Å². The Morgan fingerprint density at radius 2 is 1.46 bits per heavy atom. The molecule has 2 aromatic heterocycles. The van der Waals surface area contributed by atoms with E-state index in [0.29, 0.717) is 28.5 Å². The molecule has 7 rings (SSSR count). The summed E-state index contributed by atoms with van der Waals surface area (Å²) >= 11 is 0. The quantitative estimate of drug-likeness (QED) is 0.289. The second kappa shape index (κ2) is 7.91. The van der Waals surface area contributed by atoms with Crippen molar-refractivity contribution in [2.45, 2.75) is 4.90 Å². The Morgan fingerprint density at radius 1 is 0.757 bits per heavy atom. The van der Waals surface area contributed by atoms with Gasteiger partial charge >= 0.3 is 0 Å². The highest BCUT2D eigenvalue weighted by Gasteiger charge is 2.38. The molecule has 3 heterocycles. The van der Waals surface area contributed by atoms with Gasteiger partial charge < -0.3 is 4.42 Å². The van der Waals surface area contributed by atoms with E-state index in [1.807, 2.05) is 89.6 Å². The summed E-state index contributed by atoms with van der Waals surface area (Å²) in [5.41, 5.74) is 6.48. The molecule has 0 N–H and O–H groups in total. The van der Waals surface area contributed by atoms with E-state index in [4.69, 9.17) is 9.52 Å². The molecule has 8 heteroatoms. The number of hydrogen-bond donors (Lipinski definition) is 0. The number of hydrogen-bond acceptors (Lipinski definition) is 5. The van der Waals surface area contributed by atoms with Gasteiger partial charge in [-0.2, -0.15) is 5.10 Å². The molecule has 180 valence electrons. The van der Waals surface area contributed by atoms with Gasteiger partial charge in [0.1, 0.15) is 16.9 Å². The lowest BCUT2D eigenvalue weighted by atomic mass is 10.1. The van der Waals surface area contributed by atoms with Crippen molar-refractivity contribution in [1.29, 1.82) is 0 Å². The first-order valence-electron chi connectivity index (χ1n) is 11.8. The van der Waals surface area contributed by atoms with E-state index in [0.717, 1.165) is 27.9 Å². The fourth-order valence-electron chi connectivity index (χ4n) is 4.83. The summed E-state index contributed by atoms with van der Waals surface area (Å²) in [6, 6.07) is 32.1. The molecule has 0 unspecified atom stereocenters. The van der Waals surface area contributed by atoms with Gasteiger partial charge in [0, 0.05) is 23.7 Å². The minimum Gasteiger partial charge on any atom is -0.436 e. The van der Waals surface area contributed by atoms with Crippen LogP contribution < -0.4 is 4.31 Å². The first-order valence-corrected chi connectivity index (χ1v) is 13.2. The molecule has 1 aliphatic heterocycles. The largest absolute Gasteiger partial charge is 0.436 e. The summed E-state index contributed by atoms with van der Waals surface area (Å²) in [5, 5.41) is 4.96. The predicted molar refractivity (Wildman–Crippen MR) is 143 cm³/mol. The van der Waals surface area contributed by atoms with Crippen molar-refractivity contribution in [3.8, 4) is 39.7 Å². The number of para-hydroxylation sites is 2. The zero-order chi connectivity index (χ0) is 25.1. The Morgan fingerprint density at radius 3 is 2.24 bits per heavy atom. The molecular weight excluding hydrogens is 484 g/mol. The molecule has 0 fully saturated rings. The van der Waals surface area contributed by atoms with Crippen LogP contribution in [0.25, 0.3) is 50.8 Å². The Labute approximate surface area is 213 Å². The highest BCUT2D eigenvalue weighted by Crippen LogP contribution is 2.47. The lowest BCUT2D eigenvalue weighted by Gasteiger charge is -2.26. The van der Waals surface area contributed by atoms with Crippen LogP contribution in [0.2, 0.25) is 0 Å². The van der Waals surface area contributed by atoms with Crippen LogP contribution in [0.4, 0.5) is 5.69 Å². The number of sulfonamides is 1. The van der Waals surface area contributed by atoms with Crippen LogP contribution in [0.15, 0.2) is 112 Å². The van der Waals surface area contributed by atoms with Crippen molar-refractivity contribution in [3.63, 3.8) is 0 Å². The van der Waals surface area contributed by atoms with Crippen LogP contribution in [-0.2, 0) is 10.0 Å². The van der Waals surface area contributed by atoms with Gasteiger partial charge in [0.25, 0.3) is 10.0 Å². The van der Waals surface area contributed by atoms with E-state index in [1.54, 1.807) is 25.2 Å². The fourth-order valence-corrected chi connectivity index (χ4v) is 6.23. The van der Waals surface area contributed by atoms with Crippen molar-refractivity contribution in [2.24, 2.45) is 0 Å². The van der Waals surface area contributed by atoms with E-state index in [2.05, 4.69) is 4.98 Å². The molecule has 0 saturated carbocycles. The van der Waals surface area contributed by atoms with E-state index >= 15 is 0 Å². The van der Waals surface area contributed by atoms with E-state index in [9.17, 15) is 8.42 Å². The minimum absolute atomic E-state index is 0.251. The zero-order valence-corrected chi connectivity index (χ0v) is 20.6. The van der Waals surface area contributed by atoms with Crippen molar-refractivity contribution in [2.75, 3.05) is 11.4 Å². The zero-order valence-electron chi connectivity index (χ0n) is 19.7. The number of anilines is 1. The van der Waals surface area contributed by atoms with Gasteiger partial charge in [-0.05, 0) is 42.5 Å². The van der Waals surface area contributed by atoms with Gasteiger partial charge in [-0.3, -0.25) is 4.31 Å². The van der Waals surface area contributed by atoms with E-state index in [-0.39, 0.29) is 4.90 Å². The first kappa shape index (κ1) is 21.6. The normalized spacial score (nSPS) is 13.9. The van der Waals surface area contributed by atoms with Gasteiger partial charge in [0.15, 0.2) is 5.58 Å². The molecular formula is C29H20N4O3S. The van der Waals surface area contributed by atoms with Gasteiger partial charge in [0.2, 0.25) is 5.89 Å². The minimum atomic E-state index is -3.73. The second-order valence-corrected chi connectivity index (χ2v) is 10.8. The smallest absolute Gasteiger partial charge is 0.264 e. The van der Waals surface area contributed by atoms with Gasteiger partial charge in [-0.15, -0.1) is 0 Å². The maximum absolute atomic E-state index is 13.4. The topological polar surface area (TPSA) is 81.2 Å². The van der Waals surface area contributed by atoms with Gasteiger partial charge in [-0.1, -0.05) is 60.7 Å². The first-order chi connectivity index (χ1) is 18.0. The van der Waals surface area contributed by atoms with Crippen molar-refractivity contribution >= 4 is 26.8 Å². The molecule has 6 aromatic rings. The number of nitrogens with zero attached hydrogens (tertiary/aromatic N) is 4. The molecule has 0 saturated heterocycles. The van der Waals surface area contributed by atoms with E-state index in [1.165, 1.54) is 4.31 Å². The molecule has 0 spiro atoms. The number of aromatic nitrogens is 3. The van der Waals surface area contributed by atoms with Crippen LogP contribution >= 0.6 is 0 Å². The highest BCUT2D eigenvalue weighted by atomic mass is 32.2. The Hall–Kier alpha value is -4.69. The average molecular weight is 505 g/mol. The predicted octanol–water partition coefficient (Wildman–Crippen LogP) is 6.15. The molecule has 0 aliphatic carbocycles. The third kappa shape index (κ3) is 3.23. The maximum atomic E-state index is 13.4. The van der Waals surface area contributed by atoms with Crippen molar-refractivity contribution in [3.05, 3.63) is 103 Å². The molecule has 4 aromatic carbocycles. The summed E-state index contributed by atoms with van der Waals surface area (Å²) in [4.78, 5) is 4.84. The van der Waals surface area contributed by atoms with Gasteiger partial charge in [0.05, 0.1) is 16.3 Å². The molecule has 0 amide bonds. The monoisotopic (exact) mass is 504 g/mol. The second-order valence-electron chi connectivity index (χ2n) is 8.83. The Balaban J connectivity index is 1.43. The summed E-state index contributed by atoms with van der Waals surface area (Å²) in [6.07, 6.45) is 0. The van der Waals surface area contributed by atoms with Crippen LogP contribution in [-0.4, -0.2) is 30.2 Å². The molecule has 0 atom stereocenters. The highest BCUT2D eigenvalue weighted by molar-refractivity contribution is 7.93. The summed E-state index contributed by atoms with van der Waals surface area (Å²) in [6.45, 7) is 0. The van der Waals surface area contributed by atoms with Crippen LogP contribution in [0.1, 0.15) is 0 Å². The molecule has 1 aliphatic rings. The number of rotatable bonds is 3. The number of fused-ring (bicyclic) bond motifs is 4. The van der Waals surface area contributed by atoms with Crippen LogP contribution in [0.5, 0.6) is 0 Å². The standard InChI is InChI=1S/C29H20N4O3S/c1-32-28-26(22-11-5-8-14-25(22)37(32,34)35)31-33(27(28)19-9-3-2-4-10-19)21-17-15-20(16-18-21)29-30-23-12-6-7-13-24(23)36-29/h2-18H,1H3. The number of oxazole rings is 1. The Bertz CT molecular complexity index is 1870. The van der Waals surface area contributed by atoms with Crippen LogP contribution in [0.3, 0.4) is 0 Å². The Kier molecular flexibility index (Phi) is 4.61. The van der Waals surface area contributed by atoms with Crippen LogP contribution in [0, 0.1) is 0 Å². The third-order valence-electron chi connectivity index (χ3n) is 6.66. The summed E-state index contributed by atoms with van der Waals surface area (Å²) < 4.78 is 36.0. The third-order valence-corrected chi connectivity index (χ3v) is 8.47. The molecule has 0 bridgehead atoms. The van der Waals surface area contributed by atoms with E-state index < -0.39 is 10.0 Å². The molecule has 37 heavy (non-hydrogen) atoms.